The Kier molecular flexibility index (Phi) is 10.2. The minimum Gasteiger partial charge on any atom is -0.385 e. The van der Waals surface area contributed by atoms with Crippen molar-refractivity contribution in [1.82, 2.24) is 10.6 Å². The zero-order chi connectivity index (χ0) is 10.9. The van der Waals surface area contributed by atoms with Crippen LogP contribution < -0.4 is 10.6 Å². The Morgan fingerprint density at radius 1 is 1.50 bits per heavy atom. The summed E-state index contributed by atoms with van der Waals surface area (Å²) in [5.74, 6) is 1.94. The number of hydrogen-bond acceptors (Lipinski definition) is 4. The van der Waals surface area contributed by atoms with Crippen LogP contribution in [0.1, 0.15) is 19.3 Å². The molecule has 1 saturated heterocycles. The molecule has 0 saturated carbocycles. The van der Waals surface area contributed by atoms with Gasteiger partial charge in [-0.3, -0.25) is 10.1 Å². The van der Waals surface area contributed by atoms with E-state index in [2.05, 4.69) is 10.6 Å². The molecule has 1 aliphatic heterocycles. The first-order chi connectivity index (χ1) is 7.34. The first kappa shape index (κ1) is 16.0. The fourth-order valence-electron chi connectivity index (χ4n) is 1.45. The molecule has 1 atom stereocenters. The summed E-state index contributed by atoms with van der Waals surface area (Å²) in [6.07, 6.45) is 3.22. The Hall–Kier alpha value is 0.0300. The van der Waals surface area contributed by atoms with E-state index in [1.54, 1.807) is 18.9 Å². The lowest BCUT2D eigenvalue weighted by molar-refractivity contribution is -0.122. The third-order valence-corrected chi connectivity index (χ3v) is 3.30. The van der Waals surface area contributed by atoms with Crippen LogP contribution in [-0.4, -0.2) is 43.8 Å². The minimum absolute atomic E-state index is 0. The van der Waals surface area contributed by atoms with Gasteiger partial charge in [-0.1, -0.05) is 0 Å². The summed E-state index contributed by atoms with van der Waals surface area (Å²) in [4.78, 5) is 11.5. The van der Waals surface area contributed by atoms with Gasteiger partial charge >= 0.3 is 0 Å². The zero-order valence-corrected chi connectivity index (χ0v) is 11.3. The van der Waals surface area contributed by atoms with E-state index in [9.17, 15) is 4.79 Å². The lowest BCUT2D eigenvalue weighted by atomic mass is 10.2. The number of unbranched alkanes of at least 4 members (excludes halogenated alkanes) is 2. The molecule has 0 aliphatic carbocycles. The van der Waals surface area contributed by atoms with Crippen molar-refractivity contribution < 1.29 is 9.53 Å². The van der Waals surface area contributed by atoms with Gasteiger partial charge in [-0.15, -0.1) is 24.2 Å². The normalized spacial score (nSPS) is 19.2. The van der Waals surface area contributed by atoms with Crippen molar-refractivity contribution >= 4 is 30.1 Å². The number of halogens is 1. The lowest BCUT2D eigenvalue weighted by Gasteiger charge is -2.09. The number of carbonyl (C=O) groups is 1. The fraction of sp³-hybridized carbons (Fsp3) is 0.900. The quantitative estimate of drug-likeness (QED) is 0.677. The van der Waals surface area contributed by atoms with E-state index in [1.165, 1.54) is 0 Å². The topological polar surface area (TPSA) is 50.4 Å². The highest BCUT2D eigenvalue weighted by Crippen LogP contribution is 2.09. The van der Waals surface area contributed by atoms with Gasteiger partial charge in [-0.2, -0.15) is 0 Å². The Labute approximate surface area is 108 Å². The fourth-order valence-corrected chi connectivity index (χ4v) is 2.39. The van der Waals surface area contributed by atoms with Gasteiger partial charge in [-0.05, 0) is 19.3 Å². The molecule has 1 rings (SSSR count). The van der Waals surface area contributed by atoms with Crippen molar-refractivity contribution in [2.24, 2.45) is 0 Å². The third kappa shape index (κ3) is 6.58. The van der Waals surface area contributed by atoms with Crippen molar-refractivity contribution in [3.63, 3.8) is 0 Å². The Morgan fingerprint density at radius 3 is 2.94 bits per heavy atom. The Balaban J connectivity index is 0.00000225. The van der Waals surface area contributed by atoms with E-state index in [1.807, 2.05) is 0 Å². The van der Waals surface area contributed by atoms with Crippen molar-refractivity contribution in [2.45, 2.75) is 25.3 Å². The molecular weight excluding hydrogens is 248 g/mol. The lowest BCUT2D eigenvalue weighted by Crippen LogP contribution is -2.42. The van der Waals surface area contributed by atoms with Gasteiger partial charge in [0.15, 0.2) is 0 Å². The van der Waals surface area contributed by atoms with E-state index in [4.69, 9.17) is 4.74 Å². The van der Waals surface area contributed by atoms with Crippen LogP contribution >= 0.6 is 24.2 Å². The summed E-state index contributed by atoms with van der Waals surface area (Å²) in [6.45, 7) is 1.60. The molecule has 0 radical (unpaired) electrons. The first-order valence-electron chi connectivity index (χ1n) is 5.42. The maximum Gasteiger partial charge on any atom is 0.238 e. The average molecular weight is 269 g/mol. The van der Waals surface area contributed by atoms with E-state index >= 15 is 0 Å². The molecule has 4 nitrogen and oxygen atoms in total. The number of nitrogens with one attached hydrogen (secondary N) is 2. The number of rotatable bonds is 7. The molecule has 1 aliphatic rings. The molecule has 16 heavy (non-hydrogen) atoms. The Morgan fingerprint density at radius 2 is 2.31 bits per heavy atom. The molecule has 1 heterocycles. The van der Waals surface area contributed by atoms with Crippen LogP contribution in [0.25, 0.3) is 0 Å². The summed E-state index contributed by atoms with van der Waals surface area (Å²) in [6, 6.07) is 0.0222. The predicted octanol–water partition coefficient (Wildman–Crippen LogP) is 1.00. The highest BCUT2D eigenvalue weighted by Gasteiger charge is 2.21. The van der Waals surface area contributed by atoms with Gasteiger partial charge in [0.2, 0.25) is 5.91 Å². The maximum absolute atomic E-state index is 11.5. The van der Waals surface area contributed by atoms with Gasteiger partial charge in [0.25, 0.3) is 0 Å². The molecule has 0 aromatic heterocycles. The van der Waals surface area contributed by atoms with Crippen LogP contribution in [0.15, 0.2) is 0 Å². The van der Waals surface area contributed by atoms with E-state index in [0.717, 1.165) is 44.0 Å². The van der Waals surface area contributed by atoms with Crippen molar-refractivity contribution in [3.8, 4) is 0 Å². The molecule has 0 aromatic rings. The van der Waals surface area contributed by atoms with E-state index in [-0.39, 0.29) is 24.4 Å². The van der Waals surface area contributed by atoms with Gasteiger partial charge in [0.1, 0.15) is 0 Å². The molecule has 0 bridgehead atoms. The second kappa shape index (κ2) is 10.2. The largest absolute Gasteiger partial charge is 0.385 e. The first-order valence-corrected chi connectivity index (χ1v) is 6.58. The monoisotopic (exact) mass is 268 g/mol. The van der Waals surface area contributed by atoms with E-state index < -0.39 is 0 Å². The smallest absolute Gasteiger partial charge is 0.238 e. The highest BCUT2D eigenvalue weighted by molar-refractivity contribution is 7.99. The number of amides is 1. The van der Waals surface area contributed by atoms with Crippen LogP contribution in [0.4, 0.5) is 0 Å². The molecule has 2 N–H and O–H groups in total. The predicted molar refractivity (Wildman–Crippen MR) is 70.2 cm³/mol. The highest BCUT2D eigenvalue weighted by atomic mass is 35.5. The van der Waals surface area contributed by atoms with Crippen molar-refractivity contribution in [3.05, 3.63) is 0 Å². The zero-order valence-electron chi connectivity index (χ0n) is 9.66. The van der Waals surface area contributed by atoms with Gasteiger partial charge < -0.3 is 10.1 Å². The van der Waals surface area contributed by atoms with Crippen LogP contribution in [0.3, 0.4) is 0 Å². The van der Waals surface area contributed by atoms with Gasteiger partial charge in [-0.25, -0.2) is 0 Å². The Bertz CT molecular complexity index is 190. The summed E-state index contributed by atoms with van der Waals surface area (Å²) in [5.41, 5.74) is 0. The van der Waals surface area contributed by atoms with Gasteiger partial charge in [0, 0.05) is 31.9 Å². The van der Waals surface area contributed by atoms with E-state index in [0.29, 0.717) is 0 Å². The van der Waals surface area contributed by atoms with Gasteiger partial charge in [0.05, 0.1) is 6.04 Å². The second-order valence-corrected chi connectivity index (χ2v) is 4.65. The number of thioether (sulfide) groups is 1. The summed E-state index contributed by atoms with van der Waals surface area (Å²) in [5, 5.41) is 6.09. The molecule has 6 heteroatoms. The summed E-state index contributed by atoms with van der Waals surface area (Å²) >= 11 is 1.77. The summed E-state index contributed by atoms with van der Waals surface area (Å²) in [7, 11) is 1.71. The number of hydrogen-bond donors (Lipinski definition) is 2. The van der Waals surface area contributed by atoms with Crippen LogP contribution in [-0.2, 0) is 9.53 Å². The molecule has 1 amide bonds. The van der Waals surface area contributed by atoms with Crippen LogP contribution in [0, 0.1) is 0 Å². The SMILES string of the molecule is COCCCCCNC(=O)C1CSCN1.Cl. The summed E-state index contributed by atoms with van der Waals surface area (Å²) < 4.78 is 4.95. The number of methoxy groups -OCH3 is 1. The molecule has 0 spiro atoms. The number of carbonyl (C=O) groups excluding carboxylic acids is 1. The standard InChI is InChI=1S/C10H20N2O2S.ClH/c1-14-6-4-2-3-5-11-10(13)9-7-15-8-12-9;/h9,12H,2-8H2,1H3,(H,11,13);1H. The van der Waals surface area contributed by atoms with Crippen molar-refractivity contribution in [1.29, 1.82) is 0 Å². The molecular formula is C10H21ClN2O2S. The van der Waals surface area contributed by atoms with Crippen LogP contribution in [0.5, 0.6) is 0 Å². The average Bonchev–Trinajstić information content (AvgIpc) is 2.76. The molecule has 0 aromatic carbocycles. The molecule has 1 unspecified atom stereocenters. The van der Waals surface area contributed by atoms with Crippen molar-refractivity contribution in [2.75, 3.05) is 31.9 Å². The third-order valence-electron chi connectivity index (χ3n) is 2.36. The second-order valence-electron chi connectivity index (χ2n) is 3.62. The minimum atomic E-state index is 0. The maximum atomic E-state index is 11.5. The molecule has 1 fully saturated rings. The number of ether oxygens (including phenoxy) is 1. The molecule has 96 valence electrons. The van der Waals surface area contributed by atoms with Crippen LogP contribution in [0.2, 0.25) is 0 Å².